The minimum absolute atomic E-state index is 0.0498. The van der Waals surface area contributed by atoms with Crippen LogP contribution < -0.4 is 10.6 Å². The van der Waals surface area contributed by atoms with Crippen molar-refractivity contribution in [1.29, 1.82) is 0 Å². The van der Waals surface area contributed by atoms with Crippen LogP contribution in [0.5, 0.6) is 0 Å². The van der Waals surface area contributed by atoms with Crippen molar-refractivity contribution in [2.24, 2.45) is 0 Å². The maximum Gasteiger partial charge on any atom is 0.250 e. The number of amides is 1. The standard InChI is InChI=1S/C12H14ClN3O/c13-8-6-9-10(14-7-8)16-12(11(17)15-9)4-2-1-3-5-12/h6-7H,1-5H2,(H,14,16)(H,15,17). The Morgan fingerprint density at radius 1 is 1.29 bits per heavy atom. The largest absolute Gasteiger partial charge is 0.354 e. The number of carbonyl (C=O) groups excluding carboxylic acids is 1. The summed E-state index contributed by atoms with van der Waals surface area (Å²) in [5, 5.41) is 6.75. The van der Waals surface area contributed by atoms with Crippen LogP contribution in [-0.2, 0) is 4.79 Å². The summed E-state index contributed by atoms with van der Waals surface area (Å²) in [6.07, 6.45) is 6.73. The van der Waals surface area contributed by atoms with E-state index in [0.29, 0.717) is 10.7 Å². The molecule has 4 nitrogen and oxygen atoms in total. The first-order chi connectivity index (χ1) is 8.20. The van der Waals surface area contributed by atoms with E-state index in [2.05, 4.69) is 15.6 Å². The third-order valence-corrected chi connectivity index (χ3v) is 3.81. The molecule has 1 aliphatic carbocycles. The smallest absolute Gasteiger partial charge is 0.250 e. The second-order valence-electron chi connectivity index (χ2n) is 4.77. The molecule has 1 spiro atoms. The molecule has 1 aromatic rings. The number of hydrogen-bond donors (Lipinski definition) is 2. The average Bonchev–Trinajstić information content (AvgIpc) is 2.33. The molecule has 1 fully saturated rings. The van der Waals surface area contributed by atoms with Crippen molar-refractivity contribution in [2.45, 2.75) is 37.6 Å². The minimum atomic E-state index is -0.452. The zero-order chi connectivity index (χ0) is 11.9. The summed E-state index contributed by atoms with van der Waals surface area (Å²) >= 11 is 5.86. The normalized spacial score (nSPS) is 21.6. The molecule has 3 rings (SSSR count). The third kappa shape index (κ3) is 1.76. The number of halogens is 1. The zero-order valence-corrected chi connectivity index (χ0v) is 10.2. The number of nitrogens with one attached hydrogen (secondary N) is 2. The molecular formula is C12H14ClN3O. The van der Waals surface area contributed by atoms with Gasteiger partial charge >= 0.3 is 0 Å². The average molecular weight is 252 g/mol. The van der Waals surface area contributed by atoms with Crippen molar-refractivity contribution in [3.05, 3.63) is 17.3 Å². The van der Waals surface area contributed by atoms with Crippen molar-refractivity contribution in [1.82, 2.24) is 4.98 Å². The Bertz CT molecular complexity index is 469. The molecular weight excluding hydrogens is 238 g/mol. The van der Waals surface area contributed by atoms with Crippen LogP contribution in [0.1, 0.15) is 32.1 Å². The fraction of sp³-hybridized carbons (Fsp3) is 0.500. The van der Waals surface area contributed by atoms with Gasteiger partial charge in [0.15, 0.2) is 5.82 Å². The van der Waals surface area contributed by atoms with Gasteiger partial charge in [0.05, 0.1) is 10.7 Å². The van der Waals surface area contributed by atoms with Crippen LogP contribution in [0.15, 0.2) is 12.3 Å². The first-order valence-corrected chi connectivity index (χ1v) is 6.33. The molecule has 5 heteroatoms. The van der Waals surface area contributed by atoms with Crippen molar-refractivity contribution >= 4 is 29.0 Å². The zero-order valence-electron chi connectivity index (χ0n) is 9.42. The summed E-state index contributed by atoms with van der Waals surface area (Å²) in [6.45, 7) is 0. The molecule has 0 bridgehead atoms. The molecule has 90 valence electrons. The van der Waals surface area contributed by atoms with E-state index < -0.39 is 5.54 Å². The summed E-state index contributed by atoms with van der Waals surface area (Å²) in [5.74, 6) is 0.782. The second kappa shape index (κ2) is 3.88. The maximum atomic E-state index is 12.2. The third-order valence-electron chi connectivity index (χ3n) is 3.60. The molecule has 0 atom stereocenters. The number of hydrogen-bond acceptors (Lipinski definition) is 3. The summed E-state index contributed by atoms with van der Waals surface area (Å²) < 4.78 is 0. The van der Waals surface area contributed by atoms with Gasteiger partial charge in [0.25, 0.3) is 0 Å². The molecule has 2 heterocycles. The Kier molecular flexibility index (Phi) is 2.47. The van der Waals surface area contributed by atoms with Crippen LogP contribution in [0.2, 0.25) is 5.02 Å². The molecule has 2 N–H and O–H groups in total. The van der Waals surface area contributed by atoms with Gasteiger partial charge in [-0.15, -0.1) is 0 Å². The number of pyridine rings is 1. The molecule has 1 aliphatic heterocycles. The second-order valence-corrected chi connectivity index (χ2v) is 5.21. The fourth-order valence-corrected chi connectivity index (χ4v) is 2.82. The molecule has 0 unspecified atom stereocenters. The van der Waals surface area contributed by atoms with Crippen LogP contribution in [-0.4, -0.2) is 16.4 Å². The lowest BCUT2D eigenvalue weighted by atomic mass is 9.80. The van der Waals surface area contributed by atoms with Gasteiger partial charge in [-0.3, -0.25) is 4.79 Å². The van der Waals surface area contributed by atoms with E-state index >= 15 is 0 Å². The van der Waals surface area contributed by atoms with Crippen LogP contribution in [0.25, 0.3) is 0 Å². The van der Waals surface area contributed by atoms with Gasteiger partial charge in [0.2, 0.25) is 5.91 Å². The number of aromatic nitrogens is 1. The van der Waals surface area contributed by atoms with Crippen LogP contribution in [0.4, 0.5) is 11.5 Å². The van der Waals surface area contributed by atoms with Gasteiger partial charge in [-0.25, -0.2) is 4.98 Å². The molecule has 1 saturated carbocycles. The number of fused-ring (bicyclic) bond motifs is 1. The highest BCUT2D eigenvalue weighted by Gasteiger charge is 2.43. The van der Waals surface area contributed by atoms with Crippen molar-refractivity contribution in [3.63, 3.8) is 0 Å². The number of anilines is 2. The molecule has 0 radical (unpaired) electrons. The van der Waals surface area contributed by atoms with Crippen molar-refractivity contribution in [3.8, 4) is 0 Å². The lowest BCUT2D eigenvalue weighted by Gasteiger charge is -2.40. The molecule has 17 heavy (non-hydrogen) atoms. The van der Waals surface area contributed by atoms with E-state index in [1.165, 1.54) is 6.42 Å². The Morgan fingerprint density at radius 2 is 2.06 bits per heavy atom. The summed E-state index contributed by atoms with van der Waals surface area (Å²) in [4.78, 5) is 16.4. The Hall–Kier alpha value is -1.29. The Labute approximate surface area is 105 Å². The highest BCUT2D eigenvalue weighted by Crippen LogP contribution is 2.38. The van der Waals surface area contributed by atoms with Crippen LogP contribution in [0, 0.1) is 0 Å². The highest BCUT2D eigenvalue weighted by atomic mass is 35.5. The summed E-state index contributed by atoms with van der Waals surface area (Å²) in [7, 11) is 0. The van der Waals surface area contributed by atoms with Gasteiger partial charge in [0.1, 0.15) is 5.54 Å². The maximum absolute atomic E-state index is 12.2. The van der Waals surface area contributed by atoms with Crippen LogP contribution >= 0.6 is 11.6 Å². The van der Waals surface area contributed by atoms with Crippen molar-refractivity contribution in [2.75, 3.05) is 10.6 Å². The molecule has 1 aromatic heterocycles. The van der Waals surface area contributed by atoms with Gasteiger partial charge < -0.3 is 10.6 Å². The molecule has 1 amide bonds. The SMILES string of the molecule is O=C1Nc2cc(Cl)cnc2NC12CCCCC2. The quantitative estimate of drug-likeness (QED) is 0.746. The van der Waals surface area contributed by atoms with Gasteiger partial charge in [-0.1, -0.05) is 30.9 Å². The predicted molar refractivity (Wildman–Crippen MR) is 67.3 cm³/mol. The highest BCUT2D eigenvalue weighted by molar-refractivity contribution is 6.31. The summed E-state index contributed by atoms with van der Waals surface area (Å²) in [6, 6.07) is 1.73. The van der Waals surface area contributed by atoms with E-state index in [1.807, 2.05) is 0 Å². The van der Waals surface area contributed by atoms with Gasteiger partial charge in [-0.05, 0) is 18.9 Å². The first kappa shape index (κ1) is 10.8. The van der Waals surface area contributed by atoms with Gasteiger partial charge in [0, 0.05) is 6.20 Å². The van der Waals surface area contributed by atoms with E-state index in [9.17, 15) is 4.79 Å². The Balaban J connectivity index is 1.97. The first-order valence-electron chi connectivity index (χ1n) is 5.95. The lowest BCUT2D eigenvalue weighted by molar-refractivity contribution is -0.121. The van der Waals surface area contributed by atoms with E-state index in [4.69, 9.17) is 11.6 Å². The molecule has 2 aliphatic rings. The number of rotatable bonds is 0. The topological polar surface area (TPSA) is 54.0 Å². The molecule has 0 aromatic carbocycles. The van der Waals surface area contributed by atoms with Gasteiger partial charge in [-0.2, -0.15) is 0 Å². The lowest BCUT2D eigenvalue weighted by Crippen LogP contribution is -2.53. The van der Waals surface area contributed by atoms with E-state index in [1.54, 1.807) is 12.3 Å². The van der Waals surface area contributed by atoms with E-state index in [0.717, 1.165) is 31.5 Å². The van der Waals surface area contributed by atoms with Crippen LogP contribution in [0.3, 0.4) is 0 Å². The van der Waals surface area contributed by atoms with Crippen molar-refractivity contribution < 1.29 is 4.79 Å². The Morgan fingerprint density at radius 3 is 2.82 bits per heavy atom. The number of carbonyl (C=O) groups is 1. The monoisotopic (exact) mass is 251 g/mol. The fourth-order valence-electron chi connectivity index (χ4n) is 2.67. The summed E-state index contributed by atoms with van der Waals surface area (Å²) in [5.41, 5.74) is 0.227. The predicted octanol–water partition coefficient (Wildman–Crippen LogP) is 2.80. The minimum Gasteiger partial charge on any atom is -0.354 e. The number of nitrogens with zero attached hydrogens (tertiary/aromatic N) is 1. The van der Waals surface area contributed by atoms with E-state index in [-0.39, 0.29) is 5.91 Å². The molecule has 0 saturated heterocycles.